The first-order chi connectivity index (χ1) is 23.1. The van der Waals surface area contributed by atoms with Crippen molar-refractivity contribution < 1.29 is 18.9 Å². The first kappa shape index (κ1) is 31.0. The third-order valence-corrected chi connectivity index (χ3v) is 8.70. The van der Waals surface area contributed by atoms with E-state index in [-0.39, 0.29) is 6.10 Å². The van der Waals surface area contributed by atoms with Crippen LogP contribution in [-0.4, -0.2) is 39.5 Å². The molecular formula is C40H39N3O4. The first-order valence-electron chi connectivity index (χ1n) is 16.1. The van der Waals surface area contributed by atoms with Crippen molar-refractivity contribution >= 4 is 5.65 Å². The van der Waals surface area contributed by atoms with Crippen molar-refractivity contribution in [2.24, 2.45) is 0 Å². The van der Waals surface area contributed by atoms with Gasteiger partial charge in [-0.25, -0.2) is 9.50 Å². The summed E-state index contributed by atoms with van der Waals surface area (Å²) in [7, 11) is 0. The average Bonchev–Trinajstić information content (AvgIpc) is 3.69. The molecule has 3 heterocycles. The van der Waals surface area contributed by atoms with Gasteiger partial charge in [0, 0.05) is 28.6 Å². The molecule has 7 rings (SSSR count). The van der Waals surface area contributed by atoms with E-state index >= 15 is 0 Å². The maximum absolute atomic E-state index is 6.93. The van der Waals surface area contributed by atoms with Crippen LogP contribution in [0.25, 0.3) is 16.9 Å². The molecule has 7 heteroatoms. The third-order valence-electron chi connectivity index (χ3n) is 8.70. The summed E-state index contributed by atoms with van der Waals surface area (Å²) in [6.45, 7) is 5.79. The molecule has 0 spiro atoms. The van der Waals surface area contributed by atoms with E-state index in [2.05, 4.69) is 55.5 Å². The summed E-state index contributed by atoms with van der Waals surface area (Å²) in [5.74, 6) is 0. The van der Waals surface area contributed by atoms with Crippen molar-refractivity contribution in [2.45, 2.75) is 58.1 Å². The number of fused-ring (bicyclic) bond motifs is 1. The van der Waals surface area contributed by atoms with Crippen molar-refractivity contribution in [3.05, 3.63) is 161 Å². The summed E-state index contributed by atoms with van der Waals surface area (Å²) >= 11 is 0. The molecule has 1 saturated heterocycles. The Balaban J connectivity index is 1.24. The van der Waals surface area contributed by atoms with Gasteiger partial charge in [0.1, 0.15) is 24.4 Å². The van der Waals surface area contributed by atoms with Gasteiger partial charge in [-0.3, -0.25) is 0 Å². The van der Waals surface area contributed by atoms with E-state index < -0.39 is 18.3 Å². The van der Waals surface area contributed by atoms with Gasteiger partial charge < -0.3 is 18.9 Å². The fraction of sp³-hybridized carbons (Fsp3) is 0.250. The molecule has 0 aliphatic carbocycles. The smallest absolute Gasteiger partial charge is 0.156 e. The summed E-state index contributed by atoms with van der Waals surface area (Å²) in [5.41, 5.74) is 8.77. The Kier molecular flexibility index (Phi) is 9.49. The number of nitrogens with zero attached hydrogens (tertiary/aromatic N) is 3. The second-order valence-electron chi connectivity index (χ2n) is 12.0. The van der Waals surface area contributed by atoms with Crippen LogP contribution in [0.1, 0.15) is 39.7 Å². The van der Waals surface area contributed by atoms with Crippen LogP contribution in [0.3, 0.4) is 0 Å². The highest BCUT2D eigenvalue weighted by molar-refractivity contribution is 5.64. The molecule has 1 aliphatic heterocycles. The maximum Gasteiger partial charge on any atom is 0.156 e. The Bertz CT molecular complexity index is 1880. The predicted molar refractivity (Wildman–Crippen MR) is 182 cm³/mol. The van der Waals surface area contributed by atoms with Crippen molar-refractivity contribution in [1.82, 2.24) is 14.6 Å². The van der Waals surface area contributed by atoms with E-state index in [0.29, 0.717) is 26.4 Å². The van der Waals surface area contributed by atoms with Gasteiger partial charge >= 0.3 is 0 Å². The normalized spacial score (nSPS) is 19.4. The van der Waals surface area contributed by atoms with Gasteiger partial charge in [-0.05, 0) is 30.5 Å². The quantitative estimate of drug-likeness (QED) is 0.138. The largest absolute Gasteiger partial charge is 0.374 e. The number of aryl methyl sites for hydroxylation is 2. The standard InChI is InChI=1S/C40H39N3O4/c1-28-37(29(2)43-36(41-28)23-34(42-43)33-21-13-6-14-22-33)39-40(46-26-32-19-11-5-12-20-32)38(45-25-31-17-9-4-10-18-31)35(47-39)27-44-24-30-15-7-3-8-16-30/h3-23,35,38-40H,24-27H2,1-2H3/t35-,38-,39+,40-/m1/s1. The summed E-state index contributed by atoms with van der Waals surface area (Å²) < 4.78 is 28.6. The number of hydrogen-bond donors (Lipinski definition) is 0. The minimum atomic E-state index is -0.453. The molecular weight excluding hydrogens is 586 g/mol. The van der Waals surface area contributed by atoms with Gasteiger partial charge in [0.15, 0.2) is 5.65 Å². The zero-order valence-corrected chi connectivity index (χ0v) is 26.7. The summed E-state index contributed by atoms with van der Waals surface area (Å²) in [5, 5.41) is 4.97. The SMILES string of the molecule is Cc1nc2cc(-c3ccccc3)nn2c(C)c1[C@@H]1O[C@H](COCc2ccccc2)[C@@H](OCc2ccccc2)[C@H]1OCc1ccccc1. The highest BCUT2D eigenvalue weighted by Crippen LogP contribution is 2.41. The predicted octanol–water partition coefficient (Wildman–Crippen LogP) is 7.84. The van der Waals surface area contributed by atoms with E-state index in [1.165, 1.54) is 0 Å². The van der Waals surface area contributed by atoms with Gasteiger partial charge in [0.25, 0.3) is 0 Å². The Morgan fingerprint density at radius 2 is 1.19 bits per heavy atom. The van der Waals surface area contributed by atoms with Crippen molar-refractivity contribution in [3.8, 4) is 11.3 Å². The lowest BCUT2D eigenvalue weighted by molar-refractivity contribution is -0.0898. The summed E-state index contributed by atoms with van der Waals surface area (Å²) in [4.78, 5) is 5.02. The lowest BCUT2D eigenvalue weighted by Gasteiger charge is -2.26. The highest BCUT2D eigenvalue weighted by atomic mass is 16.6. The van der Waals surface area contributed by atoms with Crippen LogP contribution in [0.5, 0.6) is 0 Å². The number of ether oxygens (including phenoxy) is 4. The molecule has 0 amide bonds. The van der Waals surface area contributed by atoms with Gasteiger partial charge in [0.05, 0.1) is 32.1 Å². The van der Waals surface area contributed by atoms with Crippen LogP contribution in [0.4, 0.5) is 0 Å². The molecule has 1 fully saturated rings. The average molecular weight is 626 g/mol. The lowest BCUT2D eigenvalue weighted by atomic mass is 9.98. The van der Waals surface area contributed by atoms with Crippen molar-refractivity contribution in [1.29, 1.82) is 0 Å². The van der Waals surface area contributed by atoms with Gasteiger partial charge in [0.2, 0.25) is 0 Å². The lowest BCUT2D eigenvalue weighted by Crippen LogP contribution is -2.38. The van der Waals surface area contributed by atoms with Crippen molar-refractivity contribution in [3.63, 3.8) is 0 Å². The van der Waals surface area contributed by atoms with E-state index in [4.69, 9.17) is 29.0 Å². The molecule has 2 aromatic heterocycles. The molecule has 7 nitrogen and oxygen atoms in total. The molecule has 0 saturated carbocycles. The van der Waals surface area contributed by atoms with Crippen LogP contribution in [0, 0.1) is 13.8 Å². The topological polar surface area (TPSA) is 67.1 Å². The van der Waals surface area contributed by atoms with Gasteiger partial charge in [-0.1, -0.05) is 121 Å². The Morgan fingerprint density at radius 3 is 1.79 bits per heavy atom. The maximum atomic E-state index is 6.93. The Hall–Kier alpha value is -4.66. The van der Waals surface area contributed by atoms with E-state index in [9.17, 15) is 0 Å². The molecule has 0 bridgehead atoms. The van der Waals surface area contributed by atoms with E-state index in [0.717, 1.165) is 50.5 Å². The van der Waals surface area contributed by atoms with Crippen LogP contribution in [-0.2, 0) is 38.8 Å². The number of hydrogen-bond acceptors (Lipinski definition) is 6. The van der Waals surface area contributed by atoms with Gasteiger partial charge in [-0.2, -0.15) is 5.10 Å². The second-order valence-corrected chi connectivity index (χ2v) is 12.0. The molecule has 47 heavy (non-hydrogen) atoms. The first-order valence-corrected chi connectivity index (χ1v) is 16.1. The fourth-order valence-electron chi connectivity index (χ4n) is 6.35. The molecule has 1 aliphatic rings. The van der Waals surface area contributed by atoms with E-state index in [1.807, 2.05) is 90.3 Å². The van der Waals surface area contributed by atoms with Crippen molar-refractivity contribution in [2.75, 3.05) is 6.61 Å². The van der Waals surface area contributed by atoms with Crippen LogP contribution in [0.15, 0.2) is 127 Å². The minimum absolute atomic E-state index is 0.351. The molecule has 0 unspecified atom stereocenters. The molecule has 6 aromatic rings. The van der Waals surface area contributed by atoms with Gasteiger partial charge in [-0.15, -0.1) is 0 Å². The number of rotatable bonds is 12. The third kappa shape index (κ3) is 7.04. The zero-order chi connectivity index (χ0) is 32.0. The zero-order valence-electron chi connectivity index (χ0n) is 26.7. The summed E-state index contributed by atoms with van der Waals surface area (Å²) in [6.07, 6.45) is -1.65. The molecule has 0 N–H and O–H groups in total. The Morgan fingerprint density at radius 1 is 0.660 bits per heavy atom. The highest BCUT2D eigenvalue weighted by Gasteiger charge is 2.48. The fourth-order valence-corrected chi connectivity index (χ4v) is 6.35. The second kappa shape index (κ2) is 14.4. The number of aromatic nitrogens is 3. The minimum Gasteiger partial charge on any atom is -0.374 e. The summed E-state index contributed by atoms with van der Waals surface area (Å²) in [6, 6.07) is 42.8. The van der Waals surface area contributed by atoms with E-state index in [1.54, 1.807) is 0 Å². The van der Waals surface area contributed by atoms with Crippen LogP contribution < -0.4 is 0 Å². The van der Waals surface area contributed by atoms with Crippen LogP contribution >= 0.6 is 0 Å². The molecule has 4 atom stereocenters. The molecule has 4 aromatic carbocycles. The molecule has 238 valence electrons. The van der Waals surface area contributed by atoms with Crippen LogP contribution in [0.2, 0.25) is 0 Å². The number of benzene rings is 4. The Labute approximate surface area is 275 Å². The monoisotopic (exact) mass is 625 g/mol. The molecule has 0 radical (unpaired) electrons.